The van der Waals surface area contributed by atoms with Crippen LogP contribution in [0.3, 0.4) is 0 Å². The highest BCUT2D eigenvalue weighted by atomic mass is 35.5. The van der Waals surface area contributed by atoms with Crippen LogP contribution >= 0.6 is 24.8 Å². The molecule has 5 nitrogen and oxygen atoms in total. The zero-order valence-electron chi connectivity index (χ0n) is 12.3. The third kappa shape index (κ3) is 5.20. The van der Waals surface area contributed by atoms with E-state index in [-0.39, 0.29) is 43.0 Å². The molecule has 1 amide bonds. The lowest BCUT2D eigenvalue weighted by atomic mass is 10.0. The van der Waals surface area contributed by atoms with Crippen LogP contribution in [0.5, 0.6) is 0 Å². The number of oxazole rings is 1. The average molecular weight is 362 g/mol. The number of halogens is 3. The molecule has 0 radical (unpaired) electrons. The molecule has 0 saturated carbocycles. The highest BCUT2D eigenvalue weighted by Crippen LogP contribution is 2.19. The van der Waals surface area contributed by atoms with E-state index in [1.54, 1.807) is 12.1 Å². The van der Waals surface area contributed by atoms with Gasteiger partial charge in [-0.05, 0) is 24.3 Å². The molecule has 0 spiro atoms. The predicted molar refractivity (Wildman–Crippen MR) is 89.5 cm³/mol. The Morgan fingerprint density at radius 3 is 2.61 bits per heavy atom. The summed E-state index contributed by atoms with van der Waals surface area (Å²) in [4.78, 5) is 16.0. The van der Waals surface area contributed by atoms with Crippen LogP contribution in [0.1, 0.15) is 5.69 Å². The third-order valence-corrected chi connectivity index (χ3v) is 3.44. The summed E-state index contributed by atoms with van der Waals surface area (Å²) >= 11 is 0. The van der Waals surface area contributed by atoms with Gasteiger partial charge in [-0.25, -0.2) is 9.37 Å². The zero-order valence-corrected chi connectivity index (χ0v) is 13.9. The van der Waals surface area contributed by atoms with Crippen molar-refractivity contribution < 1.29 is 13.6 Å². The van der Waals surface area contributed by atoms with Gasteiger partial charge in [0.1, 0.15) is 12.1 Å². The van der Waals surface area contributed by atoms with Crippen molar-refractivity contribution in [2.45, 2.75) is 6.42 Å². The van der Waals surface area contributed by atoms with Crippen LogP contribution in [0.25, 0.3) is 11.5 Å². The normalized spacial score (nSPS) is 13.4. The highest BCUT2D eigenvalue weighted by Gasteiger charge is 2.17. The lowest BCUT2D eigenvalue weighted by Crippen LogP contribution is -2.48. The van der Waals surface area contributed by atoms with E-state index in [0.717, 1.165) is 13.1 Å². The van der Waals surface area contributed by atoms with Crippen LogP contribution in [0.4, 0.5) is 4.39 Å². The van der Waals surface area contributed by atoms with Crippen molar-refractivity contribution >= 4 is 30.7 Å². The van der Waals surface area contributed by atoms with Crippen molar-refractivity contribution in [3.8, 4) is 11.5 Å². The first-order valence-corrected chi connectivity index (χ1v) is 6.88. The topological polar surface area (TPSA) is 67.2 Å². The van der Waals surface area contributed by atoms with E-state index >= 15 is 0 Å². The number of carbonyl (C=O) groups is 1. The van der Waals surface area contributed by atoms with Gasteiger partial charge >= 0.3 is 0 Å². The van der Waals surface area contributed by atoms with E-state index in [0.29, 0.717) is 29.6 Å². The number of nitrogens with zero attached hydrogens (tertiary/aromatic N) is 1. The zero-order chi connectivity index (χ0) is 14.7. The van der Waals surface area contributed by atoms with Gasteiger partial charge in [0.15, 0.2) is 0 Å². The van der Waals surface area contributed by atoms with Crippen molar-refractivity contribution in [1.82, 2.24) is 15.6 Å². The second kappa shape index (κ2) is 8.86. The standard InChI is InChI=1S/C15H16FN3O2.2ClH/c16-12-3-1-11(2-4-12)15-19-13(9-21-15)5-14(20)18-8-10-6-17-7-10;;/h1-4,9-10,17H,5-8H2,(H,18,20);2*1H. The van der Waals surface area contributed by atoms with Gasteiger partial charge in [0, 0.05) is 31.1 Å². The van der Waals surface area contributed by atoms with Crippen molar-refractivity contribution in [2.24, 2.45) is 5.92 Å². The summed E-state index contributed by atoms with van der Waals surface area (Å²) in [7, 11) is 0. The average Bonchev–Trinajstić information content (AvgIpc) is 2.86. The van der Waals surface area contributed by atoms with Crippen LogP contribution < -0.4 is 10.6 Å². The monoisotopic (exact) mass is 361 g/mol. The predicted octanol–water partition coefficient (Wildman–Crippen LogP) is 2.20. The van der Waals surface area contributed by atoms with E-state index in [4.69, 9.17) is 4.42 Å². The molecule has 1 aliphatic rings. The van der Waals surface area contributed by atoms with Crippen LogP contribution in [-0.2, 0) is 11.2 Å². The fraction of sp³-hybridized carbons (Fsp3) is 0.333. The first-order chi connectivity index (χ1) is 10.2. The van der Waals surface area contributed by atoms with E-state index in [2.05, 4.69) is 15.6 Å². The van der Waals surface area contributed by atoms with Crippen molar-refractivity contribution in [3.05, 3.63) is 42.0 Å². The number of benzene rings is 1. The SMILES string of the molecule is Cl.Cl.O=C(Cc1coc(-c2ccc(F)cc2)n1)NCC1CNC1. The molecule has 1 saturated heterocycles. The van der Waals surface area contributed by atoms with Gasteiger partial charge < -0.3 is 15.1 Å². The van der Waals surface area contributed by atoms with Gasteiger partial charge in [0.05, 0.1) is 12.1 Å². The molecular weight excluding hydrogens is 344 g/mol. The van der Waals surface area contributed by atoms with E-state index < -0.39 is 0 Å². The summed E-state index contributed by atoms with van der Waals surface area (Å²) < 4.78 is 18.2. The smallest absolute Gasteiger partial charge is 0.226 e. The largest absolute Gasteiger partial charge is 0.444 e. The maximum Gasteiger partial charge on any atom is 0.226 e. The first-order valence-electron chi connectivity index (χ1n) is 6.88. The molecule has 1 aromatic carbocycles. The molecule has 0 atom stereocenters. The Bertz CT molecular complexity index is 630. The molecule has 8 heteroatoms. The molecule has 0 bridgehead atoms. The second-order valence-electron chi connectivity index (χ2n) is 5.16. The van der Waals surface area contributed by atoms with Gasteiger partial charge in [-0.1, -0.05) is 0 Å². The summed E-state index contributed by atoms with van der Waals surface area (Å²) in [5.74, 6) is 0.540. The van der Waals surface area contributed by atoms with E-state index in [9.17, 15) is 9.18 Å². The quantitative estimate of drug-likeness (QED) is 0.856. The highest BCUT2D eigenvalue weighted by molar-refractivity contribution is 5.85. The summed E-state index contributed by atoms with van der Waals surface area (Å²) in [5.41, 5.74) is 1.25. The summed E-state index contributed by atoms with van der Waals surface area (Å²) in [5, 5.41) is 6.03. The number of hydrogen-bond acceptors (Lipinski definition) is 4. The van der Waals surface area contributed by atoms with Crippen molar-refractivity contribution in [3.63, 3.8) is 0 Å². The van der Waals surface area contributed by atoms with E-state index in [1.807, 2.05) is 0 Å². The fourth-order valence-electron chi connectivity index (χ4n) is 2.09. The number of nitrogens with one attached hydrogen (secondary N) is 2. The molecule has 0 unspecified atom stereocenters. The molecule has 2 aromatic rings. The molecule has 1 aliphatic heterocycles. The Kier molecular flexibility index (Phi) is 7.48. The molecule has 1 aromatic heterocycles. The maximum absolute atomic E-state index is 12.9. The summed E-state index contributed by atoms with van der Waals surface area (Å²) in [6.07, 6.45) is 1.65. The molecule has 3 rings (SSSR count). The summed E-state index contributed by atoms with van der Waals surface area (Å²) in [6, 6.07) is 5.88. The Morgan fingerprint density at radius 1 is 1.30 bits per heavy atom. The number of rotatable bonds is 5. The second-order valence-corrected chi connectivity index (χ2v) is 5.16. The molecule has 2 heterocycles. The molecule has 126 valence electrons. The van der Waals surface area contributed by atoms with Gasteiger partial charge in [-0.3, -0.25) is 4.79 Å². The van der Waals surface area contributed by atoms with Crippen LogP contribution in [0, 0.1) is 11.7 Å². The molecule has 0 aliphatic carbocycles. The minimum absolute atomic E-state index is 0. The van der Waals surface area contributed by atoms with Crippen LogP contribution in [0.2, 0.25) is 0 Å². The minimum Gasteiger partial charge on any atom is -0.444 e. The lowest BCUT2D eigenvalue weighted by molar-refractivity contribution is -0.120. The Morgan fingerprint density at radius 2 is 2.00 bits per heavy atom. The summed E-state index contributed by atoms with van der Waals surface area (Å²) in [6.45, 7) is 2.60. The first kappa shape index (κ1) is 19.4. The Hall–Kier alpha value is -1.63. The van der Waals surface area contributed by atoms with Crippen LogP contribution in [-0.4, -0.2) is 30.5 Å². The lowest BCUT2D eigenvalue weighted by Gasteiger charge is -2.26. The fourth-order valence-corrected chi connectivity index (χ4v) is 2.09. The van der Waals surface area contributed by atoms with Gasteiger partial charge in [-0.2, -0.15) is 0 Å². The Balaban J connectivity index is 0.00000132. The van der Waals surface area contributed by atoms with Crippen molar-refractivity contribution in [1.29, 1.82) is 0 Å². The molecular formula is C15H18Cl2FN3O2. The molecule has 1 fully saturated rings. The Labute approximate surface area is 145 Å². The van der Waals surface area contributed by atoms with Crippen molar-refractivity contribution in [2.75, 3.05) is 19.6 Å². The maximum atomic E-state index is 12.9. The van der Waals surface area contributed by atoms with Gasteiger partial charge in [-0.15, -0.1) is 24.8 Å². The number of amides is 1. The number of carbonyl (C=O) groups excluding carboxylic acids is 1. The van der Waals surface area contributed by atoms with Gasteiger partial charge in [0.25, 0.3) is 0 Å². The van der Waals surface area contributed by atoms with E-state index in [1.165, 1.54) is 18.4 Å². The minimum atomic E-state index is -0.310. The molecule has 2 N–H and O–H groups in total. The van der Waals surface area contributed by atoms with Gasteiger partial charge in [0.2, 0.25) is 11.8 Å². The number of aromatic nitrogens is 1. The number of hydrogen-bond donors (Lipinski definition) is 2. The van der Waals surface area contributed by atoms with Crippen LogP contribution in [0.15, 0.2) is 34.9 Å². The molecule has 23 heavy (non-hydrogen) atoms. The third-order valence-electron chi connectivity index (χ3n) is 3.44.